The summed E-state index contributed by atoms with van der Waals surface area (Å²) in [6, 6.07) is 1.59. The van der Waals surface area contributed by atoms with Crippen molar-refractivity contribution in [2.75, 3.05) is 14.2 Å². The number of allylic oxidation sites excluding steroid dienone is 6. The molecule has 1 fully saturated rings. The molecule has 37 heavy (non-hydrogen) atoms. The van der Waals surface area contributed by atoms with Gasteiger partial charge < -0.3 is 14.6 Å². The van der Waals surface area contributed by atoms with E-state index in [1.54, 1.807) is 13.0 Å². The van der Waals surface area contributed by atoms with Crippen molar-refractivity contribution in [3.63, 3.8) is 0 Å². The zero-order valence-electron chi connectivity index (χ0n) is 20.0. The van der Waals surface area contributed by atoms with Crippen LogP contribution in [0.25, 0.3) is 0 Å². The summed E-state index contributed by atoms with van der Waals surface area (Å²) < 4.78 is 10.8. The van der Waals surface area contributed by atoms with Gasteiger partial charge in [0.2, 0.25) is 11.8 Å². The van der Waals surface area contributed by atoms with E-state index in [4.69, 9.17) is 4.74 Å². The van der Waals surface area contributed by atoms with Crippen molar-refractivity contribution in [3.8, 4) is 11.5 Å². The van der Waals surface area contributed by atoms with Gasteiger partial charge in [0, 0.05) is 27.1 Å². The molecule has 3 amide bonds. The van der Waals surface area contributed by atoms with E-state index in [0.717, 1.165) is 7.11 Å². The molecule has 0 saturated carbocycles. The molecule has 9 nitrogen and oxygen atoms in total. The van der Waals surface area contributed by atoms with Crippen molar-refractivity contribution >= 4 is 61.3 Å². The first-order valence-electron chi connectivity index (χ1n) is 11.4. The summed E-state index contributed by atoms with van der Waals surface area (Å²) in [5.74, 6) is -4.97. The molecule has 3 aliphatic carbocycles. The summed E-state index contributed by atoms with van der Waals surface area (Å²) in [5.41, 5.74) is 2.11. The minimum atomic E-state index is -1.05. The number of phenolic OH excluding ortho intramolecular Hbond substituents is 1. The molecule has 1 aromatic rings. The second-order valence-electron chi connectivity index (χ2n) is 9.36. The first-order chi connectivity index (χ1) is 17.5. The molecule has 0 spiro atoms. The number of nitrogens with zero attached hydrogens (tertiary/aromatic N) is 1. The number of rotatable bonds is 2. The second kappa shape index (κ2) is 9.05. The third kappa shape index (κ3) is 3.58. The van der Waals surface area contributed by atoms with E-state index in [1.807, 2.05) is 6.08 Å². The van der Waals surface area contributed by atoms with Gasteiger partial charge in [-0.3, -0.25) is 19.2 Å². The van der Waals surface area contributed by atoms with Gasteiger partial charge in [0.1, 0.15) is 0 Å². The number of amides is 3. The van der Waals surface area contributed by atoms with Gasteiger partial charge in [-0.05, 0) is 75.2 Å². The molecule has 5 rings (SSSR count). The number of likely N-dealkylation sites (tertiary alicyclic amines) is 1. The number of ether oxygens (including phenoxy) is 2. The zero-order valence-corrected chi connectivity index (χ0v) is 23.1. The van der Waals surface area contributed by atoms with Gasteiger partial charge in [-0.1, -0.05) is 11.6 Å². The van der Waals surface area contributed by atoms with Crippen molar-refractivity contribution in [3.05, 3.63) is 55.0 Å². The number of carbonyl (C=O) groups excluding carboxylic acids is 5. The van der Waals surface area contributed by atoms with Gasteiger partial charge in [-0.15, -0.1) is 0 Å². The van der Waals surface area contributed by atoms with E-state index in [1.165, 1.54) is 13.2 Å². The maximum absolute atomic E-state index is 13.5. The van der Waals surface area contributed by atoms with E-state index in [0.29, 0.717) is 36.1 Å². The van der Waals surface area contributed by atoms with Crippen LogP contribution in [0.2, 0.25) is 0 Å². The predicted octanol–water partition coefficient (Wildman–Crippen LogP) is 4.12. The van der Waals surface area contributed by atoms with Crippen molar-refractivity contribution in [2.45, 2.75) is 25.7 Å². The molecule has 4 atom stereocenters. The highest BCUT2D eigenvalue weighted by Crippen LogP contribution is 2.57. The van der Waals surface area contributed by atoms with Crippen molar-refractivity contribution in [2.24, 2.45) is 17.8 Å². The minimum Gasteiger partial charge on any atom is -0.503 e. The Morgan fingerprint density at radius 3 is 2.43 bits per heavy atom. The highest BCUT2D eigenvalue weighted by atomic mass is 79.9. The molecule has 0 unspecified atom stereocenters. The lowest BCUT2D eigenvalue weighted by molar-refractivity contribution is -0.137. The molecule has 0 radical (unpaired) electrons. The lowest BCUT2D eigenvalue weighted by atomic mass is 9.59. The van der Waals surface area contributed by atoms with Crippen LogP contribution < -0.4 is 4.74 Å². The smallest absolute Gasteiger partial charge is 0.423 e. The number of hydrogen-bond acceptors (Lipinski definition) is 8. The Balaban J connectivity index is 1.74. The Hall–Kier alpha value is -3.05. The number of phenols is 1. The monoisotopic (exact) mass is 633 g/mol. The number of halogens is 2. The third-order valence-electron chi connectivity index (χ3n) is 7.63. The largest absolute Gasteiger partial charge is 0.503 e. The van der Waals surface area contributed by atoms with Crippen LogP contribution in [-0.2, 0) is 23.9 Å². The molecule has 0 bridgehead atoms. The number of carbonyl (C=O) groups is 5. The molecule has 0 aromatic heterocycles. The maximum atomic E-state index is 13.5. The quantitative estimate of drug-likeness (QED) is 0.292. The average molecular weight is 635 g/mol. The summed E-state index contributed by atoms with van der Waals surface area (Å²) in [6.07, 6.45) is 2.33. The summed E-state index contributed by atoms with van der Waals surface area (Å²) >= 11 is 6.88. The molecule has 1 aliphatic heterocycles. The third-order valence-corrected chi connectivity index (χ3v) is 9.79. The standard InChI is InChI=1S/C26H21Br2NO8/c1-9-6-15(30)13-7-12-10(4-5-11-18(12)25(34)29(24(11)33)26(35)37-3)17(19(13)22(9)31)14-8-16(36-2)23(32)21(28)20(14)27/h4,6,8,11-12,17-18,32H,5,7H2,1-3H3/t11-,12+,17+,18-/m0/s1. The van der Waals surface area contributed by atoms with Crippen molar-refractivity contribution in [1.82, 2.24) is 4.90 Å². The van der Waals surface area contributed by atoms with Crippen LogP contribution in [0.4, 0.5) is 4.79 Å². The topological polar surface area (TPSA) is 127 Å². The SMILES string of the molecule is COC(=O)N1C(=O)[C@H]2[C@H](CC=C3[C@H](c4cc(OC)c(O)c(Br)c4Br)C4=C(C[C@H]32)C(=O)C=C(C)C4=O)C1=O. The average Bonchev–Trinajstić information content (AvgIpc) is 3.14. The lowest BCUT2D eigenvalue weighted by Gasteiger charge is -2.42. The van der Waals surface area contributed by atoms with Crippen molar-refractivity contribution in [1.29, 1.82) is 0 Å². The van der Waals surface area contributed by atoms with Gasteiger partial charge in [0.15, 0.2) is 23.1 Å². The Morgan fingerprint density at radius 1 is 1.08 bits per heavy atom. The Bertz CT molecular complexity index is 1420. The van der Waals surface area contributed by atoms with Gasteiger partial charge >= 0.3 is 6.09 Å². The molecule has 4 aliphatic rings. The second-order valence-corrected chi connectivity index (χ2v) is 10.9. The first-order valence-corrected chi connectivity index (χ1v) is 13.0. The molecule has 1 heterocycles. The van der Waals surface area contributed by atoms with E-state index >= 15 is 0 Å². The highest BCUT2D eigenvalue weighted by Gasteiger charge is 2.58. The van der Waals surface area contributed by atoms with E-state index in [9.17, 15) is 29.1 Å². The van der Waals surface area contributed by atoms with Crippen LogP contribution in [0, 0.1) is 17.8 Å². The number of fused-ring (bicyclic) bond motifs is 3. The Morgan fingerprint density at radius 2 is 1.78 bits per heavy atom. The summed E-state index contributed by atoms with van der Waals surface area (Å²) in [6.45, 7) is 1.58. The summed E-state index contributed by atoms with van der Waals surface area (Å²) in [7, 11) is 2.49. The van der Waals surface area contributed by atoms with Crippen LogP contribution >= 0.6 is 31.9 Å². The molecule has 1 aromatic carbocycles. The number of Topliss-reactive ketones (excluding diaryl/α,β-unsaturated/α-hetero) is 1. The van der Waals surface area contributed by atoms with Gasteiger partial charge in [0.05, 0.1) is 30.5 Å². The number of methoxy groups -OCH3 is 2. The Labute approximate surface area is 228 Å². The maximum Gasteiger partial charge on any atom is 0.423 e. The summed E-state index contributed by atoms with van der Waals surface area (Å²) in [4.78, 5) is 65.9. The van der Waals surface area contributed by atoms with Gasteiger partial charge in [-0.25, -0.2) is 4.79 Å². The molecule has 1 N–H and O–H groups in total. The number of hydrogen-bond donors (Lipinski definition) is 1. The first kappa shape index (κ1) is 25.6. The number of ketones is 2. The van der Waals surface area contributed by atoms with Crippen molar-refractivity contribution < 1.29 is 38.6 Å². The normalized spacial score (nSPS) is 26.9. The van der Waals surface area contributed by atoms with Crippen LogP contribution in [0.15, 0.2) is 49.5 Å². The van der Waals surface area contributed by atoms with E-state index in [2.05, 4.69) is 36.6 Å². The molecule has 192 valence electrons. The molecular weight excluding hydrogens is 614 g/mol. The van der Waals surface area contributed by atoms with Crippen LogP contribution in [0.3, 0.4) is 0 Å². The predicted molar refractivity (Wildman–Crippen MR) is 136 cm³/mol. The highest BCUT2D eigenvalue weighted by molar-refractivity contribution is 9.13. The van der Waals surface area contributed by atoms with E-state index in [-0.39, 0.29) is 41.5 Å². The number of aromatic hydroxyl groups is 1. The molecule has 1 saturated heterocycles. The molecular formula is C26H21Br2NO8. The number of imide groups is 3. The summed E-state index contributed by atoms with van der Waals surface area (Å²) in [5, 5.41) is 10.5. The zero-order chi connectivity index (χ0) is 26.9. The fourth-order valence-corrected chi connectivity index (χ4v) is 6.92. The molecule has 11 heteroatoms. The fourth-order valence-electron chi connectivity index (χ4n) is 5.97. The van der Waals surface area contributed by atoms with Gasteiger partial charge in [-0.2, -0.15) is 4.90 Å². The minimum absolute atomic E-state index is 0.0786. The van der Waals surface area contributed by atoms with Crippen LogP contribution in [-0.4, -0.2) is 53.7 Å². The fraction of sp³-hybridized carbons (Fsp3) is 0.346. The number of benzene rings is 1. The Kier molecular flexibility index (Phi) is 6.26. The van der Waals surface area contributed by atoms with E-state index < -0.39 is 41.6 Å². The van der Waals surface area contributed by atoms with Crippen LogP contribution in [0.5, 0.6) is 11.5 Å². The lowest BCUT2D eigenvalue weighted by Crippen LogP contribution is -2.40. The van der Waals surface area contributed by atoms with Gasteiger partial charge in [0.25, 0.3) is 0 Å². The van der Waals surface area contributed by atoms with Crippen LogP contribution in [0.1, 0.15) is 31.2 Å².